The summed E-state index contributed by atoms with van der Waals surface area (Å²) >= 11 is 5.87. The number of aromatic nitrogens is 3. The third-order valence-corrected chi connectivity index (χ3v) is 2.31. The van der Waals surface area contributed by atoms with E-state index >= 15 is 0 Å². The van der Waals surface area contributed by atoms with Crippen molar-refractivity contribution in [3.8, 4) is 6.07 Å². The topological polar surface area (TPSA) is 77.4 Å². The Balaban J connectivity index is 2.34. The molecule has 80 valence electrons. The van der Waals surface area contributed by atoms with Crippen LogP contribution in [0, 0.1) is 18.3 Å². The number of pyridine rings is 1. The van der Waals surface area contributed by atoms with E-state index in [0.717, 1.165) is 5.56 Å². The van der Waals surface area contributed by atoms with Crippen LogP contribution in [0.1, 0.15) is 11.1 Å². The van der Waals surface area contributed by atoms with E-state index in [1.165, 1.54) is 0 Å². The number of nitrogens with one attached hydrogen (secondary N) is 2. The smallest absolute Gasteiger partial charge is 0.153 e. The van der Waals surface area contributed by atoms with Crippen LogP contribution < -0.4 is 5.32 Å². The lowest BCUT2D eigenvalue weighted by Crippen LogP contribution is -1.97. The van der Waals surface area contributed by atoms with Gasteiger partial charge in [-0.15, -0.1) is 0 Å². The number of halogens is 1. The van der Waals surface area contributed by atoms with Crippen LogP contribution in [0.4, 0.5) is 11.6 Å². The molecule has 0 unspecified atom stereocenters. The zero-order valence-corrected chi connectivity index (χ0v) is 9.21. The molecular weight excluding hydrogens is 226 g/mol. The number of nitrogens with zero attached hydrogens (tertiary/aromatic N) is 3. The number of hydrogen-bond acceptors (Lipinski definition) is 4. The Morgan fingerprint density at radius 2 is 2.31 bits per heavy atom. The Labute approximate surface area is 97.1 Å². The average Bonchev–Trinajstić information content (AvgIpc) is 2.70. The van der Waals surface area contributed by atoms with Crippen molar-refractivity contribution < 1.29 is 0 Å². The number of rotatable bonds is 2. The van der Waals surface area contributed by atoms with Gasteiger partial charge >= 0.3 is 0 Å². The van der Waals surface area contributed by atoms with Gasteiger partial charge in [0.05, 0.1) is 5.56 Å². The van der Waals surface area contributed by atoms with Crippen LogP contribution in [0.25, 0.3) is 0 Å². The first kappa shape index (κ1) is 10.5. The molecule has 0 saturated heterocycles. The summed E-state index contributed by atoms with van der Waals surface area (Å²) in [6.07, 6.45) is 1.69. The number of H-pyrrole nitrogens is 1. The van der Waals surface area contributed by atoms with Gasteiger partial charge in [-0.1, -0.05) is 11.6 Å². The molecule has 2 rings (SSSR count). The van der Waals surface area contributed by atoms with Crippen molar-refractivity contribution in [3.63, 3.8) is 0 Å². The number of hydrogen-bond donors (Lipinski definition) is 2. The highest BCUT2D eigenvalue weighted by Crippen LogP contribution is 2.21. The lowest BCUT2D eigenvalue weighted by Gasteiger charge is -2.05. The minimum Gasteiger partial charge on any atom is -0.323 e. The molecule has 2 aromatic heterocycles. The maximum Gasteiger partial charge on any atom is 0.153 e. The highest BCUT2D eigenvalue weighted by Gasteiger charge is 2.08. The van der Waals surface area contributed by atoms with Crippen LogP contribution in [0.5, 0.6) is 0 Å². The van der Waals surface area contributed by atoms with Crippen LogP contribution in [0.15, 0.2) is 18.3 Å². The van der Waals surface area contributed by atoms with E-state index < -0.39 is 0 Å². The molecule has 16 heavy (non-hydrogen) atoms. The maximum absolute atomic E-state index is 8.83. The van der Waals surface area contributed by atoms with Crippen LogP contribution in [0.3, 0.4) is 0 Å². The van der Waals surface area contributed by atoms with Gasteiger partial charge in [-0.25, -0.2) is 4.98 Å². The highest BCUT2D eigenvalue weighted by atomic mass is 35.5. The van der Waals surface area contributed by atoms with Gasteiger partial charge in [0.25, 0.3) is 0 Å². The van der Waals surface area contributed by atoms with E-state index in [1.54, 1.807) is 18.3 Å². The minimum absolute atomic E-state index is 0.195. The molecule has 0 aromatic carbocycles. The van der Waals surface area contributed by atoms with Gasteiger partial charge in [-0.2, -0.15) is 10.4 Å². The van der Waals surface area contributed by atoms with Crippen molar-refractivity contribution in [3.05, 3.63) is 34.6 Å². The second kappa shape index (κ2) is 4.21. The molecule has 0 aliphatic carbocycles. The Kier molecular flexibility index (Phi) is 2.75. The largest absolute Gasteiger partial charge is 0.323 e. The Morgan fingerprint density at radius 1 is 1.50 bits per heavy atom. The Bertz CT molecular complexity index is 518. The average molecular weight is 234 g/mol. The molecule has 0 spiro atoms. The first-order valence-corrected chi connectivity index (χ1v) is 4.92. The molecule has 0 fully saturated rings. The number of aryl methyl sites for hydroxylation is 1. The van der Waals surface area contributed by atoms with E-state index in [9.17, 15) is 0 Å². The predicted octanol–water partition coefficient (Wildman–Crippen LogP) is 2.38. The minimum atomic E-state index is 0.195. The van der Waals surface area contributed by atoms with Gasteiger partial charge in [-0.3, -0.25) is 5.10 Å². The van der Waals surface area contributed by atoms with Crippen LogP contribution >= 0.6 is 11.6 Å². The van der Waals surface area contributed by atoms with Gasteiger partial charge in [0, 0.05) is 12.3 Å². The molecule has 0 aliphatic heterocycles. The first-order chi connectivity index (χ1) is 7.70. The zero-order chi connectivity index (χ0) is 11.5. The SMILES string of the molecule is Cc1cc(Nc2cc[nH]n2)nc(Cl)c1C#N. The zero-order valence-electron chi connectivity index (χ0n) is 8.45. The number of anilines is 2. The molecule has 0 bridgehead atoms. The van der Waals surface area contributed by atoms with Crippen molar-refractivity contribution >= 4 is 23.2 Å². The van der Waals surface area contributed by atoms with Gasteiger partial charge in [-0.05, 0) is 18.6 Å². The maximum atomic E-state index is 8.83. The van der Waals surface area contributed by atoms with E-state index in [2.05, 4.69) is 20.5 Å². The molecule has 2 heterocycles. The van der Waals surface area contributed by atoms with Gasteiger partial charge in [0.1, 0.15) is 17.0 Å². The normalized spacial score (nSPS) is 9.81. The predicted molar refractivity (Wildman–Crippen MR) is 60.6 cm³/mol. The third-order valence-electron chi connectivity index (χ3n) is 2.04. The van der Waals surface area contributed by atoms with Crippen molar-refractivity contribution in [1.82, 2.24) is 15.2 Å². The quantitative estimate of drug-likeness (QED) is 0.781. The van der Waals surface area contributed by atoms with Crippen LogP contribution in [-0.2, 0) is 0 Å². The lowest BCUT2D eigenvalue weighted by atomic mass is 10.2. The standard InChI is InChI=1S/C10H8ClN5/c1-6-4-9(14-8-2-3-13-16-8)15-10(11)7(6)5-12/h2-4H,1H3,(H2,13,14,15,16). The lowest BCUT2D eigenvalue weighted by molar-refractivity contribution is 1.09. The fraction of sp³-hybridized carbons (Fsp3) is 0.100. The molecule has 0 radical (unpaired) electrons. The van der Waals surface area contributed by atoms with E-state index in [4.69, 9.17) is 16.9 Å². The first-order valence-electron chi connectivity index (χ1n) is 4.55. The van der Waals surface area contributed by atoms with E-state index in [1.807, 2.05) is 13.0 Å². The van der Waals surface area contributed by atoms with Crippen molar-refractivity contribution in [2.24, 2.45) is 0 Å². The molecule has 0 atom stereocenters. The fourth-order valence-electron chi connectivity index (χ4n) is 1.29. The molecule has 6 heteroatoms. The second-order valence-corrected chi connectivity index (χ2v) is 3.54. The van der Waals surface area contributed by atoms with Gasteiger partial charge < -0.3 is 5.32 Å². The van der Waals surface area contributed by atoms with Gasteiger partial charge in [0.15, 0.2) is 5.82 Å². The molecule has 2 N–H and O–H groups in total. The van der Waals surface area contributed by atoms with Crippen LogP contribution in [-0.4, -0.2) is 15.2 Å². The third kappa shape index (κ3) is 1.97. The molecule has 5 nitrogen and oxygen atoms in total. The summed E-state index contributed by atoms with van der Waals surface area (Å²) in [6.45, 7) is 1.81. The molecule has 0 saturated carbocycles. The van der Waals surface area contributed by atoms with Crippen LogP contribution in [0.2, 0.25) is 5.15 Å². The summed E-state index contributed by atoms with van der Waals surface area (Å²) in [4.78, 5) is 4.06. The van der Waals surface area contributed by atoms with Crippen molar-refractivity contribution in [2.45, 2.75) is 6.92 Å². The second-order valence-electron chi connectivity index (χ2n) is 3.19. The van der Waals surface area contributed by atoms with E-state index in [-0.39, 0.29) is 5.15 Å². The van der Waals surface area contributed by atoms with Crippen molar-refractivity contribution in [1.29, 1.82) is 5.26 Å². The summed E-state index contributed by atoms with van der Waals surface area (Å²) in [5.74, 6) is 1.21. The fourth-order valence-corrected chi connectivity index (χ4v) is 1.58. The molecule has 2 aromatic rings. The summed E-state index contributed by atoms with van der Waals surface area (Å²) in [5.41, 5.74) is 1.18. The molecular formula is C10H8ClN5. The molecule has 0 aliphatic rings. The summed E-state index contributed by atoms with van der Waals surface area (Å²) < 4.78 is 0. The summed E-state index contributed by atoms with van der Waals surface area (Å²) in [5, 5.41) is 18.6. The molecule has 0 amide bonds. The number of nitriles is 1. The Morgan fingerprint density at radius 3 is 2.88 bits per heavy atom. The summed E-state index contributed by atoms with van der Waals surface area (Å²) in [6, 6.07) is 5.52. The van der Waals surface area contributed by atoms with E-state index in [0.29, 0.717) is 17.2 Å². The Hall–Kier alpha value is -2.06. The number of aromatic amines is 1. The highest BCUT2D eigenvalue weighted by molar-refractivity contribution is 6.30. The van der Waals surface area contributed by atoms with Crippen molar-refractivity contribution in [2.75, 3.05) is 5.32 Å². The summed E-state index contributed by atoms with van der Waals surface area (Å²) in [7, 11) is 0. The monoisotopic (exact) mass is 233 g/mol. The van der Waals surface area contributed by atoms with Gasteiger partial charge in [0.2, 0.25) is 0 Å².